The van der Waals surface area contributed by atoms with Crippen molar-refractivity contribution in [2.45, 2.75) is 32.8 Å². The summed E-state index contributed by atoms with van der Waals surface area (Å²) in [5.74, 6) is 0. The van der Waals surface area contributed by atoms with Gasteiger partial charge in [-0.25, -0.2) is 0 Å². The number of rotatable bonds is 0. The van der Waals surface area contributed by atoms with Crippen LogP contribution in [-0.2, 0) is 0 Å². The molecule has 0 amide bonds. The Bertz CT molecular complexity index is 76.2. The number of hydrogen-bond donors (Lipinski definition) is 1. The van der Waals surface area contributed by atoms with E-state index in [1.165, 1.54) is 6.42 Å². The Balaban J connectivity index is 2.43. The van der Waals surface area contributed by atoms with Gasteiger partial charge in [-0.3, -0.25) is 0 Å². The molecule has 7 heavy (non-hydrogen) atoms. The zero-order valence-corrected chi connectivity index (χ0v) is 4.94. The number of hydrogen-bond acceptors (Lipinski definition) is 1. The van der Waals surface area contributed by atoms with E-state index in [0.29, 0.717) is 0 Å². The Morgan fingerprint density at radius 2 is 2.00 bits per heavy atom. The highest BCUT2D eigenvalue weighted by atomic mass is 16.3. The van der Waals surface area contributed by atoms with Crippen LogP contribution in [0.4, 0.5) is 0 Å². The molecule has 0 bridgehead atoms. The van der Waals surface area contributed by atoms with Crippen LogP contribution in [0.25, 0.3) is 0 Å². The Labute approximate surface area is 44.4 Å². The molecule has 1 rings (SSSR count). The lowest BCUT2D eigenvalue weighted by molar-refractivity contribution is -0.0383. The molecule has 1 unspecified atom stereocenters. The number of aliphatic hydroxyl groups excluding tert-OH is 1. The third-order valence-corrected chi connectivity index (χ3v) is 1.96. The maximum absolute atomic E-state index is 8.98. The van der Waals surface area contributed by atoms with E-state index in [4.69, 9.17) is 5.11 Å². The summed E-state index contributed by atoms with van der Waals surface area (Å²) >= 11 is 0. The minimum Gasteiger partial charge on any atom is -0.393 e. The Morgan fingerprint density at radius 1 is 1.57 bits per heavy atom. The highest BCUT2D eigenvalue weighted by Crippen LogP contribution is 2.39. The monoisotopic (exact) mass is 100 g/mol. The van der Waals surface area contributed by atoms with Crippen LogP contribution in [-0.4, -0.2) is 11.2 Å². The van der Waals surface area contributed by atoms with Gasteiger partial charge in [0.25, 0.3) is 0 Å². The lowest BCUT2D eigenvalue weighted by Gasteiger charge is -2.40. The van der Waals surface area contributed by atoms with E-state index in [1.54, 1.807) is 0 Å². The lowest BCUT2D eigenvalue weighted by Crippen LogP contribution is -2.39. The van der Waals surface area contributed by atoms with Crippen molar-refractivity contribution in [1.29, 1.82) is 0 Å². The van der Waals surface area contributed by atoms with E-state index in [2.05, 4.69) is 13.8 Å². The fourth-order valence-electron chi connectivity index (χ4n) is 0.851. The molecule has 0 aromatic rings. The zero-order valence-electron chi connectivity index (χ0n) is 4.94. The summed E-state index contributed by atoms with van der Waals surface area (Å²) in [4.78, 5) is 0. The van der Waals surface area contributed by atoms with E-state index in [0.717, 1.165) is 6.42 Å². The van der Waals surface area contributed by atoms with Gasteiger partial charge in [0.1, 0.15) is 0 Å². The predicted octanol–water partition coefficient (Wildman–Crippen LogP) is 1.17. The minimum atomic E-state index is -0.0208. The first-order chi connectivity index (χ1) is 3.13. The normalized spacial score (nSPS) is 37.3. The summed E-state index contributed by atoms with van der Waals surface area (Å²) in [7, 11) is 0. The van der Waals surface area contributed by atoms with Gasteiger partial charge >= 0.3 is 0 Å². The molecule has 1 heteroatoms. The fraction of sp³-hybridized carbons (Fsp3) is 1.00. The quantitative estimate of drug-likeness (QED) is 0.484. The van der Waals surface area contributed by atoms with Crippen molar-refractivity contribution in [1.82, 2.24) is 0 Å². The van der Waals surface area contributed by atoms with E-state index in [9.17, 15) is 0 Å². The van der Waals surface area contributed by atoms with Gasteiger partial charge in [-0.15, -0.1) is 0 Å². The SMILES string of the molecule is CC1(C)CCC1O. The van der Waals surface area contributed by atoms with Gasteiger partial charge in [0.15, 0.2) is 0 Å². The highest BCUT2D eigenvalue weighted by molar-refractivity contribution is 4.87. The molecule has 1 atom stereocenters. The topological polar surface area (TPSA) is 20.2 Å². The van der Waals surface area contributed by atoms with Gasteiger partial charge in [0.05, 0.1) is 6.10 Å². The Kier molecular flexibility index (Phi) is 0.890. The van der Waals surface area contributed by atoms with Crippen LogP contribution >= 0.6 is 0 Å². The van der Waals surface area contributed by atoms with Gasteiger partial charge in [0.2, 0.25) is 0 Å². The molecule has 0 saturated heterocycles. The third kappa shape index (κ3) is 0.653. The van der Waals surface area contributed by atoms with Gasteiger partial charge in [-0.2, -0.15) is 0 Å². The van der Waals surface area contributed by atoms with Crippen LogP contribution in [0.2, 0.25) is 0 Å². The largest absolute Gasteiger partial charge is 0.393 e. The van der Waals surface area contributed by atoms with Crippen molar-refractivity contribution in [3.05, 3.63) is 0 Å². The van der Waals surface area contributed by atoms with Crippen molar-refractivity contribution >= 4 is 0 Å². The molecule has 0 spiro atoms. The van der Waals surface area contributed by atoms with Crippen molar-refractivity contribution in [2.75, 3.05) is 0 Å². The first kappa shape index (κ1) is 5.10. The van der Waals surface area contributed by atoms with Gasteiger partial charge < -0.3 is 5.11 Å². The third-order valence-electron chi connectivity index (χ3n) is 1.96. The predicted molar refractivity (Wildman–Crippen MR) is 29.0 cm³/mol. The van der Waals surface area contributed by atoms with Crippen LogP contribution in [0.1, 0.15) is 26.7 Å². The van der Waals surface area contributed by atoms with Gasteiger partial charge in [0, 0.05) is 0 Å². The summed E-state index contributed by atoms with van der Waals surface area (Å²) in [5.41, 5.74) is 0.236. The summed E-state index contributed by atoms with van der Waals surface area (Å²) in [6, 6.07) is 0. The second-order valence-corrected chi connectivity index (χ2v) is 3.04. The molecule has 0 aromatic heterocycles. The molecule has 1 aliphatic carbocycles. The Hall–Kier alpha value is -0.0400. The van der Waals surface area contributed by atoms with Crippen molar-refractivity contribution in [3.8, 4) is 0 Å². The average molecular weight is 100 g/mol. The van der Waals surface area contributed by atoms with Crippen LogP contribution < -0.4 is 0 Å². The standard InChI is InChI=1S/C6H12O/c1-6(2)4-3-5(6)7/h5,7H,3-4H2,1-2H3. The van der Waals surface area contributed by atoms with E-state index in [1.807, 2.05) is 0 Å². The van der Waals surface area contributed by atoms with Crippen molar-refractivity contribution in [3.63, 3.8) is 0 Å². The molecule has 1 fully saturated rings. The van der Waals surface area contributed by atoms with Crippen LogP contribution in [0.15, 0.2) is 0 Å². The molecule has 1 saturated carbocycles. The highest BCUT2D eigenvalue weighted by Gasteiger charge is 2.36. The second kappa shape index (κ2) is 1.22. The minimum absolute atomic E-state index is 0.0208. The van der Waals surface area contributed by atoms with Crippen molar-refractivity contribution < 1.29 is 5.11 Å². The van der Waals surface area contributed by atoms with E-state index >= 15 is 0 Å². The average Bonchev–Trinajstić information content (AvgIpc) is 1.63. The van der Waals surface area contributed by atoms with Crippen LogP contribution in [0.5, 0.6) is 0 Å². The molecule has 1 N–H and O–H groups in total. The summed E-state index contributed by atoms with van der Waals surface area (Å²) in [5, 5.41) is 8.98. The van der Waals surface area contributed by atoms with E-state index in [-0.39, 0.29) is 11.5 Å². The van der Waals surface area contributed by atoms with Gasteiger partial charge in [-0.05, 0) is 18.3 Å². The molecule has 1 aliphatic rings. The molecule has 1 nitrogen and oxygen atoms in total. The summed E-state index contributed by atoms with van der Waals surface area (Å²) in [6.07, 6.45) is 2.17. The fourth-order valence-corrected chi connectivity index (χ4v) is 0.851. The zero-order chi connectivity index (χ0) is 5.49. The maximum atomic E-state index is 8.98. The first-order valence-electron chi connectivity index (χ1n) is 2.81. The summed E-state index contributed by atoms with van der Waals surface area (Å²) in [6.45, 7) is 4.20. The van der Waals surface area contributed by atoms with Crippen LogP contribution in [0.3, 0.4) is 0 Å². The Morgan fingerprint density at radius 3 is 2.00 bits per heavy atom. The van der Waals surface area contributed by atoms with E-state index < -0.39 is 0 Å². The molecule has 42 valence electrons. The van der Waals surface area contributed by atoms with Crippen molar-refractivity contribution in [2.24, 2.45) is 5.41 Å². The lowest BCUT2D eigenvalue weighted by atomic mass is 9.69. The molecule has 0 heterocycles. The number of aliphatic hydroxyl groups is 1. The molecule has 0 radical (unpaired) electrons. The van der Waals surface area contributed by atoms with Gasteiger partial charge in [-0.1, -0.05) is 13.8 Å². The first-order valence-corrected chi connectivity index (χ1v) is 2.81. The second-order valence-electron chi connectivity index (χ2n) is 3.04. The molecular formula is C6H12O. The molecule has 0 aliphatic heterocycles. The summed E-state index contributed by atoms with van der Waals surface area (Å²) < 4.78 is 0. The molecule has 0 aromatic carbocycles. The maximum Gasteiger partial charge on any atom is 0.0591 e. The van der Waals surface area contributed by atoms with Crippen LogP contribution in [0, 0.1) is 5.41 Å². The molecular weight excluding hydrogens is 88.1 g/mol. The smallest absolute Gasteiger partial charge is 0.0591 e.